The first kappa shape index (κ1) is 22.0. The zero-order chi connectivity index (χ0) is 20.1. The molecule has 5 atom stereocenters. The van der Waals surface area contributed by atoms with Crippen molar-refractivity contribution < 1.29 is 28.5 Å². The first-order chi connectivity index (χ1) is 12.7. The van der Waals surface area contributed by atoms with Gasteiger partial charge in [0.1, 0.15) is 6.10 Å². The van der Waals surface area contributed by atoms with Gasteiger partial charge in [-0.05, 0) is 26.2 Å². The van der Waals surface area contributed by atoms with E-state index < -0.39 is 36.1 Å². The van der Waals surface area contributed by atoms with Crippen LogP contribution in [0.15, 0.2) is 24.3 Å². The minimum atomic E-state index is -3.51. The van der Waals surface area contributed by atoms with Gasteiger partial charge in [0.2, 0.25) is 0 Å². The Kier molecular flexibility index (Phi) is 7.57. The molecule has 27 heavy (non-hydrogen) atoms. The SMILES string of the molecule is CCCCC[C@](C)(O)/C=C/[C@@H]1[C@H]2C/C=C\CCC(F)(F)C(=O)O[C@@H]2C[C@H]1O. The van der Waals surface area contributed by atoms with E-state index in [-0.39, 0.29) is 24.7 Å². The average molecular weight is 386 g/mol. The van der Waals surface area contributed by atoms with Crippen molar-refractivity contribution in [3.05, 3.63) is 24.3 Å². The monoisotopic (exact) mass is 386 g/mol. The van der Waals surface area contributed by atoms with E-state index in [0.29, 0.717) is 12.8 Å². The standard InChI is InChI=1S/C21H32F2O4/c1-3-4-7-11-20(2,26)13-10-15-16-9-6-5-8-12-21(22,23)19(25)27-18(16)14-17(15)24/h5-6,10,13,15-18,24,26H,3-4,7-9,11-12,14H2,1-2H3/b6-5-,13-10+/t15-,16-,17-,18-,20+/m1/s1. The lowest BCUT2D eigenvalue weighted by atomic mass is 9.87. The summed E-state index contributed by atoms with van der Waals surface area (Å²) in [7, 11) is 0. The topological polar surface area (TPSA) is 66.8 Å². The molecule has 0 radical (unpaired) electrons. The van der Waals surface area contributed by atoms with Gasteiger partial charge < -0.3 is 14.9 Å². The number of alkyl halides is 2. The Bertz CT molecular complexity index is 556. The fraction of sp³-hybridized carbons (Fsp3) is 0.762. The number of unbranched alkanes of at least 4 members (excludes halogenated alkanes) is 2. The Morgan fingerprint density at radius 2 is 2.11 bits per heavy atom. The van der Waals surface area contributed by atoms with Crippen molar-refractivity contribution in [2.75, 3.05) is 0 Å². The van der Waals surface area contributed by atoms with Gasteiger partial charge in [-0.3, -0.25) is 0 Å². The van der Waals surface area contributed by atoms with E-state index in [0.717, 1.165) is 19.3 Å². The summed E-state index contributed by atoms with van der Waals surface area (Å²) in [6.07, 6.45) is 9.24. The molecular weight excluding hydrogens is 354 g/mol. The van der Waals surface area contributed by atoms with Gasteiger partial charge in [0.05, 0.1) is 11.7 Å². The molecule has 0 amide bonds. The predicted molar refractivity (Wildman–Crippen MR) is 99.3 cm³/mol. The van der Waals surface area contributed by atoms with Crippen molar-refractivity contribution >= 4 is 5.97 Å². The molecule has 1 aliphatic carbocycles. The van der Waals surface area contributed by atoms with E-state index in [1.165, 1.54) is 0 Å². The van der Waals surface area contributed by atoms with E-state index in [9.17, 15) is 23.8 Å². The number of rotatable bonds is 6. The number of hydrogen-bond acceptors (Lipinski definition) is 4. The number of aliphatic hydroxyl groups is 2. The normalized spacial score (nSPS) is 34.7. The molecule has 0 aromatic rings. The second kappa shape index (κ2) is 9.28. The number of esters is 1. The summed E-state index contributed by atoms with van der Waals surface area (Å²) in [4.78, 5) is 11.8. The summed E-state index contributed by atoms with van der Waals surface area (Å²) in [5, 5.41) is 20.9. The Balaban J connectivity index is 2.12. The summed E-state index contributed by atoms with van der Waals surface area (Å²) in [5.74, 6) is -5.64. The molecule has 1 aliphatic heterocycles. The molecule has 2 rings (SSSR count). The molecule has 1 heterocycles. The fourth-order valence-electron chi connectivity index (χ4n) is 3.91. The Labute approximate surface area is 160 Å². The lowest BCUT2D eigenvalue weighted by Gasteiger charge is -2.26. The van der Waals surface area contributed by atoms with Gasteiger partial charge in [-0.25, -0.2) is 4.79 Å². The third-order valence-corrected chi connectivity index (χ3v) is 5.61. The first-order valence-electron chi connectivity index (χ1n) is 10.00. The molecule has 4 nitrogen and oxygen atoms in total. The maximum Gasteiger partial charge on any atom is 0.377 e. The fourth-order valence-corrected chi connectivity index (χ4v) is 3.91. The van der Waals surface area contributed by atoms with Crippen LogP contribution in [0.4, 0.5) is 8.78 Å². The van der Waals surface area contributed by atoms with Crippen LogP contribution in [0.3, 0.4) is 0 Å². The molecule has 154 valence electrons. The molecule has 0 aromatic carbocycles. The maximum absolute atomic E-state index is 13.8. The summed E-state index contributed by atoms with van der Waals surface area (Å²) in [6.45, 7) is 3.82. The van der Waals surface area contributed by atoms with E-state index >= 15 is 0 Å². The van der Waals surface area contributed by atoms with Gasteiger partial charge in [0, 0.05) is 24.7 Å². The maximum atomic E-state index is 13.8. The van der Waals surface area contributed by atoms with Gasteiger partial charge in [0.15, 0.2) is 0 Å². The Hall–Kier alpha value is -1.27. The lowest BCUT2D eigenvalue weighted by Crippen LogP contribution is -2.36. The van der Waals surface area contributed by atoms with Crippen LogP contribution >= 0.6 is 0 Å². The highest BCUT2D eigenvalue weighted by Crippen LogP contribution is 2.40. The smallest absolute Gasteiger partial charge is 0.377 e. The van der Waals surface area contributed by atoms with E-state index in [1.807, 2.05) is 6.08 Å². The molecule has 2 N–H and O–H groups in total. The quantitative estimate of drug-likeness (QED) is 0.409. The van der Waals surface area contributed by atoms with Crippen molar-refractivity contribution in [1.82, 2.24) is 0 Å². The van der Waals surface area contributed by atoms with Crippen LogP contribution in [0.1, 0.15) is 65.2 Å². The molecule has 6 heteroatoms. The summed E-state index contributed by atoms with van der Waals surface area (Å²) >= 11 is 0. The number of allylic oxidation sites excluding steroid dienone is 2. The predicted octanol–water partition coefficient (Wildman–Crippen LogP) is 4.16. The Morgan fingerprint density at radius 3 is 2.81 bits per heavy atom. The highest BCUT2D eigenvalue weighted by Gasteiger charge is 2.47. The molecule has 1 fully saturated rings. The number of carbonyl (C=O) groups is 1. The minimum absolute atomic E-state index is 0.106. The molecule has 0 spiro atoms. The number of fused-ring (bicyclic) bond motifs is 1. The van der Waals surface area contributed by atoms with Crippen LogP contribution in [0.2, 0.25) is 0 Å². The second-order valence-electron chi connectivity index (χ2n) is 8.11. The van der Waals surface area contributed by atoms with Gasteiger partial charge in [-0.15, -0.1) is 0 Å². The number of halogens is 2. The lowest BCUT2D eigenvalue weighted by molar-refractivity contribution is -0.180. The van der Waals surface area contributed by atoms with Gasteiger partial charge in [-0.2, -0.15) is 8.78 Å². The van der Waals surface area contributed by atoms with Crippen LogP contribution in [0.25, 0.3) is 0 Å². The summed E-state index contributed by atoms with van der Waals surface area (Å²) in [5.41, 5.74) is -0.984. The van der Waals surface area contributed by atoms with Gasteiger partial charge >= 0.3 is 11.9 Å². The number of hydrogen-bond donors (Lipinski definition) is 2. The molecule has 0 aromatic heterocycles. The van der Waals surface area contributed by atoms with Crippen molar-refractivity contribution in [2.45, 2.75) is 88.9 Å². The van der Waals surface area contributed by atoms with Crippen LogP contribution in [0, 0.1) is 11.8 Å². The average Bonchev–Trinajstić information content (AvgIpc) is 2.87. The Morgan fingerprint density at radius 1 is 1.37 bits per heavy atom. The highest BCUT2D eigenvalue weighted by molar-refractivity contribution is 5.77. The van der Waals surface area contributed by atoms with Crippen LogP contribution in [-0.4, -0.2) is 39.9 Å². The molecular formula is C21H32F2O4. The second-order valence-corrected chi connectivity index (χ2v) is 8.11. The highest BCUT2D eigenvalue weighted by atomic mass is 19.3. The third kappa shape index (κ3) is 6.11. The van der Waals surface area contributed by atoms with Crippen molar-refractivity contribution in [2.24, 2.45) is 11.8 Å². The third-order valence-electron chi connectivity index (χ3n) is 5.61. The molecule has 2 aliphatic rings. The van der Waals surface area contributed by atoms with Crippen LogP contribution in [-0.2, 0) is 9.53 Å². The molecule has 0 unspecified atom stereocenters. The van der Waals surface area contributed by atoms with Crippen LogP contribution in [0.5, 0.6) is 0 Å². The van der Waals surface area contributed by atoms with Crippen molar-refractivity contribution in [3.63, 3.8) is 0 Å². The van der Waals surface area contributed by atoms with E-state index in [2.05, 4.69) is 6.92 Å². The summed E-state index contributed by atoms with van der Waals surface area (Å²) < 4.78 is 32.8. The molecule has 1 saturated carbocycles. The van der Waals surface area contributed by atoms with E-state index in [4.69, 9.17) is 4.74 Å². The van der Waals surface area contributed by atoms with Gasteiger partial charge in [-0.1, -0.05) is 50.5 Å². The van der Waals surface area contributed by atoms with Gasteiger partial charge in [0.25, 0.3) is 0 Å². The molecule has 0 bridgehead atoms. The van der Waals surface area contributed by atoms with Crippen molar-refractivity contribution in [1.29, 1.82) is 0 Å². The van der Waals surface area contributed by atoms with Crippen LogP contribution < -0.4 is 0 Å². The van der Waals surface area contributed by atoms with E-state index in [1.54, 1.807) is 25.2 Å². The zero-order valence-electron chi connectivity index (χ0n) is 16.2. The molecule has 0 saturated heterocycles. The first-order valence-corrected chi connectivity index (χ1v) is 10.00. The zero-order valence-corrected chi connectivity index (χ0v) is 16.2. The number of ether oxygens (including phenoxy) is 1. The minimum Gasteiger partial charge on any atom is -0.458 e. The largest absolute Gasteiger partial charge is 0.458 e. The number of aliphatic hydroxyl groups excluding tert-OH is 1. The number of carbonyl (C=O) groups excluding carboxylic acids is 1. The summed E-state index contributed by atoms with van der Waals surface area (Å²) in [6, 6.07) is 0. The van der Waals surface area contributed by atoms with Crippen molar-refractivity contribution in [3.8, 4) is 0 Å².